The van der Waals surface area contributed by atoms with Crippen molar-refractivity contribution in [1.29, 1.82) is 5.26 Å². The summed E-state index contributed by atoms with van der Waals surface area (Å²) in [5, 5.41) is 9.41. The van der Waals surface area contributed by atoms with Gasteiger partial charge in [-0.3, -0.25) is 4.79 Å². The highest BCUT2D eigenvalue weighted by atomic mass is 19.3. The number of nitrogens with one attached hydrogen (secondary N) is 1. The summed E-state index contributed by atoms with van der Waals surface area (Å²) in [6.07, 6.45) is 1.47. The lowest BCUT2D eigenvalue weighted by Crippen LogP contribution is -3.13. The number of hydrogen-bond donors (Lipinski definition) is 1. The smallest absolute Gasteiger partial charge is 0.387 e. The van der Waals surface area contributed by atoms with Gasteiger partial charge in [-0.2, -0.15) is 14.0 Å². The Morgan fingerprint density at radius 1 is 1.14 bits per heavy atom. The molecule has 1 saturated heterocycles. The number of ether oxygens (including phenoxy) is 1. The molecule has 0 bridgehead atoms. The SMILES string of the molecule is N#C/C(=C\c1ccc(OC(F)F)cc1)C(=O)N1CC[NH+](Cc2ccccc2)CC1. The Hall–Kier alpha value is -3.24. The van der Waals surface area contributed by atoms with Crippen LogP contribution >= 0.6 is 0 Å². The number of nitriles is 1. The van der Waals surface area contributed by atoms with Gasteiger partial charge < -0.3 is 14.5 Å². The first-order valence-corrected chi connectivity index (χ1v) is 9.38. The summed E-state index contributed by atoms with van der Waals surface area (Å²) in [4.78, 5) is 15.8. The zero-order valence-corrected chi connectivity index (χ0v) is 15.9. The van der Waals surface area contributed by atoms with Crippen LogP contribution in [0.25, 0.3) is 6.08 Å². The van der Waals surface area contributed by atoms with E-state index in [2.05, 4.69) is 16.9 Å². The Bertz CT molecular complexity index is 885. The fraction of sp³-hybridized carbons (Fsp3) is 0.273. The molecule has 7 heteroatoms. The van der Waals surface area contributed by atoms with Crippen LogP contribution in [0, 0.1) is 11.3 Å². The van der Waals surface area contributed by atoms with Crippen LogP contribution < -0.4 is 9.64 Å². The van der Waals surface area contributed by atoms with Gasteiger partial charge in [-0.1, -0.05) is 42.5 Å². The van der Waals surface area contributed by atoms with Crippen molar-refractivity contribution in [2.45, 2.75) is 13.2 Å². The highest BCUT2D eigenvalue weighted by Crippen LogP contribution is 2.17. The third-order valence-electron chi connectivity index (χ3n) is 4.82. The maximum absolute atomic E-state index is 12.7. The van der Waals surface area contributed by atoms with Crippen LogP contribution in [0.4, 0.5) is 8.78 Å². The highest BCUT2D eigenvalue weighted by Gasteiger charge is 2.25. The van der Waals surface area contributed by atoms with Crippen molar-refractivity contribution in [2.75, 3.05) is 26.2 Å². The molecule has 0 spiro atoms. The van der Waals surface area contributed by atoms with Gasteiger partial charge in [-0.15, -0.1) is 0 Å². The van der Waals surface area contributed by atoms with Crippen molar-refractivity contribution in [2.24, 2.45) is 0 Å². The molecule has 1 amide bonds. The molecule has 2 aromatic rings. The van der Waals surface area contributed by atoms with Crippen molar-refractivity contribution in [3.05, 3.63) is 71.3 Å². The summed E-state index contributed by atoms with van der Waals surface area (Å²) in [6.45, 7) is 0.826. The minimum absolute atomic E-state index is 0.0269. The number of halogens is 2. The average molecular weight is 398 g/mol. The lowest BCUT2D eigenvalue weighted by atomic mass is 10.1. The summed E-state index contributed by atoms with van der Waals surface area (Å²) in [5.74, 6) is -0.279. The first-order chi connectivity index (χ1) is 14.0. The molecule has 0 atom stereocenters. The molecular weight excluding hydrogens is 376 g/mol. The van der Waals surface area contributed by atoms with Crippen LogP contribution in [-0.2, 0) is 11.3 Å². The maximum atomic E-state index is 12.7. The molecule has 0 aliphatic carbocycles. The van der Waals surface area contributed by atoms with Gasteiger partial charge in [0.05, 0.1) is 26.2 Å². The van der Waals surface area contributed by atoms with Crippen LogP contribution in [-0.4, -0.2) is 43.6 Å². The zero-order valence-electron chi connectivity index (χ0n) is 15.9. The molecule has 150 valence electrons. The van der Waals surface area contributed by atoms with Crippen LogP contribution in [0.2, 0.25) is 0 Å². The van der Waals surface area contributed by atoms with Gasteiger partial charge in [0.1, 0.15) is 23.9 Å². The van der Waals surface area contributed by atoms with Gasteiger partial charge >= 0.3 is 6.61 Å². The van der Waals surface area contributed by atoms with Crippen molar-refractivity contribution in [1.82, 2.24) is 4.90 Å². The van der Waals surface area contributed by atoms with Gasteiger partial charge in [0, 0.05) is 5.56 Å². The Labute approximate surface area is 168 Å². The second-order valence-corrected chi connectivity index (χ2v) is 6.82. The van der Waals surface area contributed by atoms with Crippen LogP contribution in [0.3, 0.4) is 0 Å². The van der Waals surface area contributed by atoms with Gasteiger partial charge in [0.25, 0.3) is 5.91 Å². The number of carbonyl (C=O) groups is 1. The normalized spacial score (nSPS) is 15.2. The van der Waals surface area contributed by atoms with E-state index in [1.165, 1.54) is 40.8 Å². The molecule has 0 saturated carbocycles. The molecule has 1 fully saturated rings. The number of hydrogen-bond acceptors (Lipinski definition) is 3. The Balaban J connectivity index is 1.58. The molecule has 1 heterocycles. The van der Waals surface area contributed by atoms with E-state index in [0.717, 1.165) is 19.6 Å². The highest BCUT2D eigenvalue weighted by molar-refractivity contribution is 6.01. The van der Waals surface area contributed by atoms with E-state index >= 15 is 0 Å². The first-order valence-electron chi connectivity index (χ1n) is 9.38. The van der Waals surface area contributed by atoms with Gasteiger partial charge in [0.15, 0.2) is 0 Å². The second-order valence-electron chi connectivity index (χ2n) is 6.82. The van der Waals surface area contributed by atoms with E-state index in [0.29, 0.717) is 18.7 Å². The fourth-order valence-electron chi connectivity index (χ4n) is 3.31. The number of quaternary nitrogens is 1. The van der Waals surface area contributed by atoms with Gasteiger partial charge in [-0.25, -0.2) is 0 Å². The predicted molar refractivity (Wildman–Crippen MR) is 104 cm³/mol. The summed E-state index contributed by atoms with van der Waals surface area (Å²) in [5.41, 5.74) is 1.86. The standard InChI is InChI=1S/C22H21F2N3O2/c23-22(24)29-20-8-6-17(7-9-20)14-19(15-25)21(28)27-12-10-26(11-13-27)16-18-4-2-1-3-5-18/h1-9,14,22H,10-13,16H2/p+1/b19-14+. The topological polar surface area (TPSA) is 57.8 Å². The lowest BCUT2D eigenvalue weighted by molar-refractivity contribution is -0.917. The van der Waals surface area contributed by atoms with Crippen molar-refractivity contribution >= 4 is 12.0 Å². The third-order valence-corrected chi connectivity index (χ3v) is 4.82. The number of nitrogens with zero attached hydrogens (tertiary/aromatic N) is 2. The number of amides is 1. The molecule has 1 N–H and O–H groups in total. The van der Waals surface area contributed by atoms with E-state index < -0.39 is 6.61 Å². The summed E-state index contributed by atoms with van der Waals surface area (Å²) in [6, 6.07) is 18.0. The van der Waals surface area contributed by atoms with E-state index in [1.54, 1.807) is 4.90 Å². The monoisotopic (exact) mass is 398 g/mol. The second kappa shape index (κ2) is 9.80. The molecular formula is C22H22F2N3O2+. The molecule has 5 nitrogen and oxygen atoms in total. The van der Waals surface area contributed by atoms with Crippen molar-refractivity contribution in [3.63, 3.8) is 0 Å². The molecule has 29 heavy (non-hydrogen) atoms. The Kier molecular flexibility index (Phi) is 6.93. The van der Waals surface area contributed by atoms with Crippen LogP contribution in [0.5, 0.6) is 5.75 Å². The number of piperazine rings is 1. The average Bonchev–Trinajstić information content (AvgIpc) is 2.73. The molecule has 3 rings (SSSR count). The molecule has 2 aromatic carbocycles. The summed E-state index contributed by atoms with van der Waals surface area (Å²) in [7, 11) is 0. The van der Waals surface area contributed by atoms with Crippen LogP contribution in [0.15, 0.2) is 60.2 Å². The van der Waals surface area contributed by atoms with Crippen LogP contribution in [0.1, 0.15) is 11.1 Å². The molecule has 0 unspecified atom stereocenters. The Morgan fingerprint density at radius 2 is 1.79 bits per heavy atom. The third kappa shape index (κ3) is 5.87. The minimum atomic E-state index is -2.89. The largest absolute Gasteiger partial charge is 0.435 e. The number of rotatable bonds is 6. The summed E-state index contributed by atoms with van der Waals surface area (Å²) < 4.78 is 28.7. The molecule has 0 aromatic heterocycles. The van der Waals surface area contributed by atoms with Crippen molar-refractivity contribution < 1.29 is 23.2 Å². The minimum Gasteiger partial charge on any atom is -0.435 e. The van der Waals surface area contributed by atoms with E-state index in [-0.39, 0.29) is 17.2 Å². The number of alkyl halides is 2. The first kappa shape index (κ1) is 20.5. The molecule has 1 aliphatic rings. The number of carbonyl (C=O) groups excluding carboxylic acids is 1. The van der Waals surface area contributed by atoms with Gasteiger partial charge in [-0.05, 0) is 23.8 Å². The lowest BCUT2D eigenvalue weighted by Gasteiger charge is -2.32. The van der Waals surface area contributed by atoms with Gasteiger partial charge in [0.2, 0.25) is 0 Å². The van der Waals surface area contributed by atoms with Crippen molar-refractivity contribution in [3.8, 4) is 11.8 Å². The predicted octanol–water partition coefficient (Wildman–Crippen LogP) is 2.12. The number of benzene rings is 2. The van der Waals surface area contributed by atoms with E-state index in [1.807, 2.05) is 24.3 Å². The molecule has 0 radical (unpaired) electrons. The zero-order chi connectivity index (χ0) is 20.6. The molecule has 1 aliphatic heterocycles. The summed E-state index contributed by atoms with van der Waals surface area (Å²) >= 11 is 0. The maximum Gasteiger partial charge on any atom is 0.387 e. The quantitative estimate of drug-likeness (QED) is 0.599. The van der Waals surface area contributed by atoms with E-state index in [4.69, 9.17) is 0 Å². The Morgan fingerprint density at radius 3 is 2.38 bits per heavy atom. The fourth-order valence-corrected chi connectivity index (χ4v) is 3.31. The van der Waals surface area contributed by atoms with E-state index in [9.17, 15) is 18.8 Å².